The molecule has 0 unspecified atom stereocenters. The van der Waals surface area contributed by atoms with Gasteiger partial charge in [-0.25, -0.2) is 13.4 Å². The molecule has 1 saturated carbocycles. The maximum absolute atomic E-state index is 12.7. The molecule has 30 heavy (non-hydrogen) atoms. The van der Waals surface area contributed by atoms with Crippen molar-refractivity contribution in [1.82, 2.24) is 15.0 Å². The first kappa shape index (κ1) is 23.3. The molecule has 160 valence electrons. The van der Waals surface area contributed by atoms with Crippen LogP contribution in [0.3, 0.4) is 0 Å². The Bertz CT molecular complexity index is 1040. The van der Waals surface area contributed by atoms with Crippen LogP contribution in [0.25, 0.3) is 0 Å². The molecule has 10 heteroatoms. The topological polar surface area (TPSA) is 117 Å². The lowest BCUT2D eigenvalue weighted by Gasteiger charge is -2.14. The van der Waals surface area contributed by atoms with Crippen molar-refractivity contribution in [3.8, 4) is 0 Å². The van der Waals surface area contributed by atoms with Crippen molar-refractivity contribution in [3.63, 3.8) is 0 Å². The normalized spacial score (nSPS) is 16.1. The van der Waals surface area contributed by atoms with E-state index in [1.54, 1.807) is 25.2 Å². The minimum absolute atomic E-state index is 0.0896. The number of amides is 2. The second-order valence-electron chi connectivity index (χ2n) is 6.39. The van der Waals surface area contributed by atoms with Crippen LogP contribution in [-0.4, -0.2) is 25.2 Å². The standard InChI is InChI=1S/C20H24N4O4S2/c1-5-9-14(7-3)22-17(25)20(11-12-20)18(26)23-19-21-13-16(29-19)30(27,28)24-15(8-4)10-6-2/h5-10,13,24H,2,4,11-12H2,1,3H3,(H,22,25)(H,21,23,26)/b9-5-,14-7+,15-10+. The maximum atomic E-state index is 12.7. The average Bonchev–Trinajstić information content (AvgIpc) is 3.39. The molecule has 1 aliphatic rings. The molecule has 3 N–H and O–H groups in total. The molecule has 2 amide bonds. The Morgan fingerprint density at radius 1 is 1.20 bits per heavy atom. The lowest BCUT2D eigenvalue weighted by Crippen LogP contribution is -2.39. The molecule has 0 aromatic carbocycles. The number of nitrogens with one attached hydrogen (secondary N) is 3. The van der Waals surface area contributed by atoms with E-state index in [2.05, 4.69) is 33.5 Å². The molecule has 1 aromatic heterocycles. The second kappa shape index (κ2) is 9.68. The molecule has 0 atom stereocenters. The first-order chi connectivity index (χ1) is 14.2. The SMILES string of the molecule is C=C/C=C(\C=C)NS(=O)(=O)c1cnc(NC(=O)C2(C(=O)NC(/C=C\C)=C/C)CC2)s1. The largest absolute Gasteiger partial charge is 0.325 e. The summed E-state index contributed by atoms with van der Waals surface area (Å²) >= 11 is 0.786. The maximum Gasteiger partial charge on any atom is 0.273 e. The highest BCUT2D eigenvalue weighted by atomic mass is 32.2. The summed E-state index contributed by atoms with van der Waals surface area (Å²) < 4.78 is 27.2. The van der Waals surface area contributed by atoms with Gasteiger partial charge in [-0.15, -0.1) is 0 Å². The van der Waals surface area contributed by atoms with Crippen LogP contribution in [0.2, 0.25) is 0 Å². The number of sulfonamides is 1. The third-order valence-corrected chi connectivity index (χ3v) is 7.03. The third kappa shape index (κ3) is 5.33. The van der Waals surface area contributed by atoms with Crippen LogP contribution in [0.4, 0.5) is 5.13 Å². The zero-order valence-corrected chi connectivity index (χ0v) is 18.4. The van der Waals surface area contributed by atoms with Crippen molar-refractivity contribution >= 4 is 38.3 Å². The molecule has 0 radical (unpaired) electrons. The van der Waals surface area contributed by atoms with Crippen LogP contribution in [0.15, 0.2) is 71.4 Å². The van der Waals surface area contributed by atoms with E-state index in [9.17, 15) is 18.0 Å². The molecule has 0 bridgehead atoms. The van der Waals surface area contributed by atoms with E-state index in [4.69, 9.17) is 0 Å². The summed E-state index contributed by atoms with van der Waals surface area (Å²) in [5.74, 6) is -0.914. The van der Waals surface area contributed by atoms with Gasteiger partial charge in [-0.05, 0) is 44.9 Å². The number of hydrogen-bond donors (Lipinski definition) is 3. The number of thiazole rings is 1. The monoisotopic (exact) mass is 448 g/mol. The molecule has 0 spiro atoms. The zero-order valence-electron chi connectivity index (χ0n) is 16.8. The van der Waals surface area contributed by atoms with E-state index in [1.165, 1.54) is 18.2 Å². The number of rotatable bonds is 10. The van der Waals surface area contributed by atoms with Gasteiger partial charge in [0.2, 0.25) is 11.8 Å². The van der Waals surface area contributed by atoms with Gasteiger partial charge in [-0.3, -0.25) is 14.3 Å². The summed E-state index contributed by atoms with van der Waals surface area (Å²) in [6.45, 7) is 10.6. The Balaban J connectivity index is 2.11. The van der Waals surface area contributed by atoms with E-state index in [0.29, 0.717) is 18.5 Å². The van der Waals surface area contributed by atoms with Gasteiger partial charge in [0.15, 0.2) is 9.34 Å². The highest BCUT2D eigenvalue weighted by Gasteiger charge is 2.56. The first-order valence-corrected chi connectivity index (χ1v) is 11.4. The van der Waals surface area contributed by atoms with Crippen molar-refractivity contribution in [2.45, 2.75) is 30.9 Å². The van der Waals surface area contributed by atoms with Crippen molar-refractivity contribution < 1.29 is 18.0 Å². The summed E-state index contributed by atoms with van der Waals surface area (Å²) in [6.07, 6.45) is 11.4. The van der Waals surface area contributed by atoms with Crippen molar-refractivity contribution in [2.24, 2.45) is 5.41 Å². The van der Waals surface area contributed by atoms with Crippen LogP contribution in [0, 0.1) is 5.41 Å². The van der Waals surface area contributed by atoms with Gasteiger partial charge in [0.1, 0.15) is 5.41 Å². The first-order valence-electron chi connectivity index (χ1n) is 9.08. The van der Waals surface area contributed by atoms with Gasteiger partial charge in [0.25, 0.3) is 10.0 Å². The van der Waals surface area contributed by atoms with Gasteiger partial charge < -0.3 is 10.6 Å². The Morgan fingerprint density at radius 3 is 2.43 bits per heavy atom. The summed E-state index contributed by atoms with van der Waals surface area (Å²) in [6, 6.07) is 0. The van der Waals surface area contributed by atoms with E-state index < -0.39 is 27.3 Å². The Labute approximate surface area is 180 Å². The van der Waals surface area contributed by atoms with Crippen LogP contribution < -0.4 is 15.4 Å². The minimum Gasteiger partial charge on any atom is -0.325 e. The molecule has 1 aliphatic carbocycles. The van der Waals surface area contributed by atoms with Crippen LogP contribution in [0.1, 0.15) is 26.7 Å². The second-order valence-corrected chi connectivity index (χ2v) is 9.33. The summed E-state index contributed by atoms with van der Waals surface area (Å²) in [4.78, 5) is 29.2. The van der Waals surface area contributed by atoms with E-state index in [1.807, 2.05) is 6.92 Å². The highest BCUT2D eigenvalue weighted by molar-refractivity contribution is 7.91. The predicted octanol–water partition coefficient (Wildman–Crippen LogP) is 2.99. The number of anilines is 1. The smallest absolute Gasteiger partial charge is 0.273 e. The van der Waals surface area contributed by atoms with Crippen molar-refractivity contribution in [2.75, 3.05) is 5.32 Å². The Hall–Kier alpha value is -2.98. The molecule has 1 heterocycles. The molecular weight excluding hydrogens is 424 g/mol. The van der Waals surface area contributed by atoms with Gasteiger partial charge in [0, 0.05) is 11.4 Å². The molecule has 1 fully saturated rings. The van der Waals surface area contributed by atoms with Crippen LogP contribution in [-0.2, 0) is 19.6 Å². The molecule has 2 rings (SSSR count). The molecule has 1 aromatic rings. The van der Waals surface area contributed by atoms with E-state index in [0.717, 1.165) is 17.5 Å². The summed E-state index contributed by atoms with van der Waals surface area (Å²) in [7, 11) is -3.90. The quantitative estimate of drug-likeness (QED) is 0.376. The number of carbonyl (C=O) groups excluding carboxylic acids is 2. The Morgan fingerprint density at radius 2 is 1.90 bits per heavy atom. The predicted molar refractivity (Wildman–Crippen MR) is 118 cm³/mol. The number of hydrogen-bond acceptors (Lipinski definition) is 6. The van der Waals surface area contributed by atoms with Gasteiger partial charge in [-0.1, -0.05) is 42.7 Å². The number of carbonyl (C=O) groups is 2. The Kier molecular flexibility index (Phi) is 7.52. The molecule has 0 aliphatic heterocycles. The fraction of sp³-hybridized carbons (Fsp3) is 0.250. The zero-order chi connectivity index (χ0) is 22.4. The number of nitrogens with zero attached hydrogens (tertiary/aromatic N) is 1. The van der Waals surface area contributed by atoms with Crippen LogP contribution >= 0.6 is 11.3 Å². The fourth-order valence-electron chi connectivity index (χ4n) is 2.46. The van der Waals surface area contributed by atoms with E-state index >= 15 is 0 Å². The summed E-state index contributed by atoms with van der Waals surface area (Å²) in [5.41, 5.74) is -0.332. The molecule has 0 saturated heterocycles. The molecular formula is C20H24N4O4S2. The fourth-order valence-corrected chi connectivity index (χ4v) is 4.56. The highest BCUT2D eigenvalue weighted by Crippen LogP contribution is 2.47. The molecule has 8 nitrogen and oxygen atoms in total. The number of aromatic nitrogens is 1. The van der Waals surface area contributed by atoms with Gasteiger partial charge >= 0.3 is 0 Å². The third-order valence-electron chi connectivity index (χ3n) is 4.27. The lowest BCUT2D eigenvalue weighted by atomic mass is 10.1. The van der Waals surface area contributed by atoms with Crippen molar-refractivity contribution in [1.29, 1.82) is 0 Å². The van der Waals surface area contributed by atoms with Crippen molar-refractivity contribution in [3.05, 3.63) is 67.2 Å². The van der Waals surface area contributed by atoms with Gasteiger partial charge in [-0.2, -0.15) is 0 Å². The minimum atomic E-state index is -3.90. The average molecular weight is 449 g/mol. The lowest BCUT2D eigenvalue weighted by molar-refractivity contribution is -0.133. The van der Waals surface area contributed by atoms with Crippen LogP contribution in [0.5, 0.6) is 0 Å². The van der Waals surface area contributed by atoms with E-state index in [-0.39, 0.29) is 15.0 Å². The van der Waals surface area contributed by atoms with Gasteiger partial charge in [0.05, 0.1) is 6.20 Å². The number of allylic oxidation sites excluding steroid dienone is 6. The summed E-state index contributed by atoms with van der Waals surface area (Å²) in [5, 5.41) is 5.39.